The standard InChI is InChI=1S/C15H13BrClFN4O/c16-9-4-11(18)13(5-10(9)17)21-22-7-1-2-14(22)8-6-19-15(23)20-12(8)3-7/h4-7,14,21H,1-3H2,(H,19,20,23). The van der Waals surface area contributed by atoms with Crippen LogP contribution in [0.4, 0.5) is 10.1 Å². The minimum absolute atomic E-state index is 0.0647. The highest BCUT2D eigenvalue weighted by Crippen LogP contribution is 2.42. The van der Waals surface area contributed by atoms with Crippen molar-refractivity contribution < 1.29 is 4.39 Å². The van der Waals surface area contributed by atoms with Crippen molar-refractivity contribution in [1.29, 1.82) is 0 Å². The number of aromatic amines is 1. The van der Waals surface area contributed by atoms with Gasteiger partial charge in [0.05, 0.1) is 16.8 Å². The number of anilines is 1. The lowest BCUT2D eigenvalue weighted by molar-refractivity contribution is 0.216. The summed E-state index contributed by atoms with van der Waals surface area (Å²) in [4.78, 5) is 18.0. The molecular formula is C15H13BrClFN4O. The summed E-state index contributed by atoms with van der Waals surface area (Å²) in [5.74, 6) is -0.369. The van der Waals surface area contributed by atoms with Crippen molar-refractivity contribution in [2.24, 2.45) is 0 Å². The van der Waals surface area contributed by atoms with Crippen molar-refractivity contribution in [2.75, 3.05) is 5.43 Å². The molecule has 1 fully saturated rings. The second-order valence-corrected chi connectivity index (χ2v) is 7.10. The second-order valence-electron chi connectivity index (χ2n) is 5.84. The van der Waals surface area contributed by atoms with Gasteiger partial charge in [-0.15, -0.1) is 0 Å². The second kappa shape index (κ2) is 5.58. The fourth-order valence-corrected chi connectivity index (χ4v) is 3.92. The van der Waals surface area contributed by atoms with Crippen LogP contribution in [0.15, 0.2) is 27.6 Å². The zero-order valence-electron chi connectivity index (χ0n) is 11.9. The summed E-state index contributed by atoms with van der Waals surface area (Å²) in [5.41, 5.74) is 5.12. The monoisotopic (exact) mass is 398 g/mol. The molecule has 2 atom stereocenters. The molecule has 0 aliphatic carbocycles. The highest BCUT2D eigenvalue weighted by atomic mass is 79.9. The molecule has 2 aliphatic heterocycles. The number of aromatic nitrogens is 2. The molecular weight excluding hydrogens is 387 g/mol. The number of nitrogens with one attached hydrogen (secondary N) is 2. The molecule has 0 saturated carbocycles. The van der Waals surface area contributed by atoms with Crippen LogP contribution in [0.1, 0.15) is 30.1 Å². The van der Waals surface area contributed by atoms with E-state index in [-0.39, 0.29) is 23.6 Å². The molecule has 2 unspecified atom stereocenters. The number of fused-ring (bicyclic) bond motifs is 4. The van der Waals surface area contributed by atoms with Crippen LogP contribution in [0.3, 0.4) is 0 Å². The third kappa shape index (κ3) is 2.56. The van der Waals surface area contributed by atoms with E-state index in [9.17, 15) is 9.18 Å². The molecule has 23 heavy (non-hydrogen) atoms. The maximum absolute atomic E-state index is 14.2. The van der Waals surface area contributed by atoms with Gasteiger partial charge in [0.2, 0.25) is 0 Å². The van der Waals surface area contributed by atoms with E-state index in [0.29, 0.717) is 21.6 Å². The third-order valence-electron chi connectivity index (χ3n) is 4.49. The number of benzene rings is 1. The third-order valence-corrected chi connectivity index (χ3v) is 5.69. The van der Waals surface area contributed by atoms with Crippen LogP contribution in [0, 0.1) is 5.82 Å². The first-order chi connectivity index (χ1) is 11.0. The molecule has 5 nitrogen and oxygen atoms in total. The lowest BCUT2D eigenvalue weighted by Crippen LogP contribution is -2.42. The topological polar surface area (TPSA) is 61.0 Å². The summed E-state index contributed by atoms with van der Waals surface area (Å²) < 4.78 is 14.7. The maximum Gasteiger partial charge on any atom is 0.345 e. The van der Waals surface area contributed by atoms with E-state index in [2.05, 4.69) is 31.3 Å². The average Bonchev–Trinajstić information content (AvgIpc) is 2.77. The van der Waals surface area contributed by atoms with Crippen LogP contribution in [-0.4, -0.2) is 21.0 Å². The Morgan fingerprint density at radius 3 is 3.09 bits per heavy atom. The molecule has 2 aliphatic rings. The number of H-pyrrole nitrogens is 1. The van der Waals surface area contributed by atoms with Gasteiger partial charge in [0.15, 0.2) is 0 Å². The van der Waals surface area contributed by atoms with Gasteiger partial charge in [-0.1, -0.05) is 11.6 Å². The molecule has 1 aromatic heterocycles. The SMILES string of the molecule is O=c1ncc2c([nH]1)CC1CCC2N1Nc1cc(Cl)c(Br)cc1F. The van der Waals surface area contributed by atoms with Crippen LogP contribution >= 0.6 is 27.5 Å². The maximum atomic E-state index is 14.2. The van der Waals surface area contributed by atoms with Crippen molar-refractivity contribution >= 4 is 33.2 Å². The van der Waals surface area contributed by atoms with Gasteiger partial charge >= 0.3 is 5.69 Å². The summed E-state index contributed by atoms with van der Waals surface area (Å²) in [6.07, 6.45) is 4.24. The van der Waals surface area contributed by atoms with Crippen molar-refractivity contribution in [2.45, 2.75) is 31.3 Å². The molecule has 1 aromatic carbocycles. The van der Waals surface area contributed by atoms with Crippen LogP contribution < -0.4 is 11.1 Å². The Balaban J connectivity index is 1.68. The van der Waals surface area contributed by atoms with Gasteiger partial charge < -0.3 is 10.4 Å². The van der Waals surface area contributed by atoms with E-state index in [4.69, 9.17) is 11.6 Å². The fraction of sp³-hybridized carbons (Fsp3) is 0.333. The normalized spacial score (nSPS) is 22.9. The van der Waals surface area contributed by atoms with Crippen LogP contribution in [-0.2, 0) is 6.42 Å². The summed E-state index contributed by atoms with van der Waals surface area (Å²) in [6.45, 7) is 0. The van der Waals surface area contributed by atoms with E-state index in [1.165, 1.54) is 6.07 Å². The summed E-state index contributed by atoms with van der Waals surface area (Å²) in [5, 5.41) is 2.50. The van der Waals surface area contributed by atoms with E-state index < -0.39 is 0 Å². The fourth-order valence-electron chi connectivity index (χ4n) is 3.44. The average molecular weight is 400 g/mol. The Morgan fingerprint density at radius 1 is 1.43 bits per heavy atom. The first-order valence-corrected chi connectivity index (χ1v) is 8.47. The first kappa shape index (κ1) is 15.1. The molecule has 0 radical (unpaired) electrons. The van der Waals surface area contributed by atoms with Gasteiger partial charge in [0.1, 0.15) is 5.82 Å². The molecule has 3 heterocycles. The molecule has 2 aromatic rings. The van der Waals surface area contributed by atoms with Gasteiger partial charge in [0, 0.05) is 34.4 Å². The van der Waals surface area contributed by atoms with Crippen molar-refractivity contribution in [3.05, 3.63) is 55.4 Å². The minimum atomic E-state index is -0.369. The van der Waals surface area contributed by atoms with E-state index >= 15 is 0 Å². The number of rotatable bonds is 2. The lowest BCUT2D eigenvalue weighted by Gasteiger charge is -2.36. The minimum Gasteiger partial charge on any atom is -0.315 e. The van der Waals surface area contributed by atoms with Gasteiger partial charge in [-0.2, -0.15) is 0 Å². The molecule has 0 amide bonds. The summed E-state index contributed by atoms with van der Waals surface area (Å²) in [6, 6.07) is 3.19. The molecule has 2 N–H and O–H groups in total. The zero-order chi connectivity index (χ0) is 16.1. The largest absolute Gasteiger partial charge is 0.345 e. The lowest BCUT2D eigenvalue weighted by atomic mass is 10.0. The Morgan fingerprint density at radius 2 is 2.26 bits per heavy atom. The Hall–Kier alpha value is -1.44. The predicted molar refractivity (Wildman–Crippen MR) is 88.9 cm³/mol. The zero-order valence-corrected chi connectivity index (χ0v) is 14.3. The van der Waals surface area contributed by atoms with Crippen molar-refractivity contribution in [3.8, 4) is 0 Å². The van der Waals surface area contributed by atoms with Gasteiger partial charge in [-0.25, -0.2) is 19.2 Å². The molecule has 8 heteroatoms. The van der Waals surface area contributed by atoms with E-state index in [1.807, 2.05) is 5.01 Å². The van der Waals surface area contributed by atoms with Crippen LogP contribution in [0.5, 0.6) is 0 Å². The van der Waals surface area contributed by atoms with Gasteiger partial charge in [-0.05, 0) is 40.9 Å². The van der Waals surface area contributed by atoms with Crippen molar-refractivity contribution in [1.82, 2.24) is 15.0 Å². The molecule has 2 bridgehead atoms. The van der Waals surface area contributed by atoms with Crippen LogP contribution in [0.2, 0.25) is 5.02 Å². The molecule has 120 valence electrons. The molecule has 4 rings (SSSR count). The van der Waals surface area contributed by atoms with Gasteiger partial charge in [-0.3, -0.25) is 0 Å². The van der Waals surface area contributed by atoms with Crippen molar-refractivity contribution in [3.63, 3.8) is 0 Å². The van der Waals surface area contributed by atoms with E-state index in [1.54, 1.807) is 12.3 Å². The highest BCUT2D eigenvalue weighted by Gasteiger charge is 2.41. The first-order valence-electron chi connectivity index (χ1n) is 7.30. The predicted octanol–water partition coefficient (Wildman–Crippen LogP) is 3.41. The Kier molecular flexibility index (Phi) is 3.66. The van der Waals surface area contributed by atoms with Crippen LogP contribution in [0.25, 0.3) is 0 Å². The van der Waals surface area contributed by atoms with E-state index in [0.717, 1.165) is 24.1 Å². The quantitative estimate of drug-likeness (QED) is 0.760. The molecule has 0 spiro atoms. The smallest absolute Gasteiger partial charge is 0.315 e. The number of halogens is 3. The Bertz CT molecular complexity index is 843. The number of hydrogen-bond acceptors (Lipinski definition) is 4. The molecule has 1 saturated heterocycles. The summed E-state index contributed by atoms with van der Waals surface area (Å²) in [7, 11) is 0. The summed E-state index contributed by atoms with van der Waals surface area (Å²) >= 11 is 9.28. The number of hydrazine groups is 1. The number of hydrogen-bond donors (Lipinski definition) is 2. The number of nitrogens with zero attached hydrogens (tertiary/aromatic N) is 2. The highest BCUT2D eigenvalue weighted by molar-refractivity contribution is 9.10. The van der Waals surface area contributed by atoms with Gasteiger partial charge in [0.25, 0.3) is 0 Å². The Labute approximate surface area is 145 Å².